The molecule has 1 aliphatic rings. The summed E-state index contributed by atoms with van der Waals surface area (Å²) in [5.41, 5.74) is 1.08. The van der Waals surface area contributed by atoms with Crippen LogP contribution in [0.1, 0.15) is 48.8 Å². The van der Waals surface area contributed by atoms with Gasteiger partial charge in [0, 0.05) is 25.2 Å². The summed E-state index contributed by atoms with van der Waals surface area (Å²) in [5, 5.41) is 29.6. The molecule has 0 aromatic carbocycles. The molecule has 0 bridgehead atoms. The highest BCUT2D eigenvalue weighted by atomic mass is 16.1. The molecule has 2 aromatic heterocycles. The summed E-state index contributed by atoms with van der Waals surface area (Å²) >= 11 is 0. The van der Waals surface area contributed by atoms with Gasteiger partial charge < -0.3 is 21.3 Å². The first kappa shape index (κ1) is 20.4. The lowest BCUT2D eigenvalue weighted by Gasteiger charge is -2.23. The van der Waals surface area contributed by atoms with Crippen molar-refractivity contribution in [1.82, 2.24) is 30.8 Å². The molecule has 10 heteroatoms. The first-order valence-corrected chi connectivity index (χ1v) is 9.82. The quantitative estimate of drug-likeness (QED) is 0.524. The molecule has 1 aliphatic heterocycles. The Morgan fingerprint density at radius 2 is 2.17 bits per heavy atom. The van der Waals surface area contributed by atoms with Crippen LogP contribution in [0.15, 0.2) is 18.5 Å². The van der Waals surface area contributed by atoms with E-state index in [-0.39, 0.29) is 17.3 Å². The molecule has 1 atom stereocenters. The van der Waals surface area contributed by atoms with Gasteiger partial charge in [0.2, 0.25) is 0 Å². The summed E-state index contributed by atoms with van der Waals surface area (Å²) in [6.07, 6.45) is 7.42. The van der Waals surface area contributed by atoms with E-state index in [4.69, 9.17) is 5.26 Å². The smallest absolute Gasteiger partial charge is 0.273 e. The van der Waals surface area contributed by atoms with Crippen molar-refractivity contribution in [2.45, 2.75) is 38.6 Å². The van der Waals surface area contributed by atoms with Crippen LogP contribution >= 0.6 is 0 Å². The van der Waals surface area contributed by atoms with E-state index in [2.05, 4.69) is 41.4 Å². The predicted octanol–water partition coefficient (Wildman–Crippen LogP) is 1.58. The van der Waals surface area contributed by atoms with Gasteiger partial charge in [-0.2, -0.15) is 5.26 Å². The fourth-order valence-corrected chi connectivity index (χ4v) is 3.13. The third kappa shape index (κ3) is 5.83. The van der Waals surface area contributed by atoms with Crippen LogP contribution in [-0.4, -0.2) is 51.7 Å². The van der Waals surface area contributed by atoms with Crippen LogP contribution in [0.3, 0.4) is 0 Å². The Bertz CT molecular complexity index is 857. The Morgan fingerprint density at radius 1 is 1.28 bits per heavy atom. The summed E-state index contributed by atoms with van der Waals surface area (Å²) < 4.78 is 0. The second-order valence-electron chi connectivity index (χ2n) is 6.74. The molecular formula is C19H25N9O. The summed E-state index contributed by atoms with van der Waals surface area (Å²) in [5.74, 6) is 0.583. The SMILES string of the molecule is CCNC(=O)c1nnc(Nc2cnc(C#N)cn2)cc1NCCC1CCCCN1. The average molecular weight is 395 g/mol. The van der Waals surface area contributed by atoms with E-state index in [1.54, 1.807) is 6.07 Å². The fraction of sp³-hybridized carbons (Fsp3) is 0.474. The van der Waals surface area contributed by atoms with Crippen LogP contribution in [0, 0.1) is 11.3 Å². The van der Waals surface area contributed by atoms with E-state index < -0.39 is 0 Å². The topological polar surface area (TPSA) is 141 Å². The maximum absolute atomic E-state index is 12.3. The molecule has 10 nitrogen and oxygen atoms in total. The van der Waals surface area contributed by atoms with Gasteiger partial charge in [-0.25, -0.2) is 9.97 Å². The van der Waals surface area contributed by atoms with Crippen molar-refractivity contribution in [1.29, 1.82) is 5.26 Å². The standard InChI is InChI=1S/C19H25N9O/c1-2-21-19(29)18-15(23-8-6-13-5-3-4-7-22-13)9-16(27-28-18)26-17-12-24-14(10-20)11-25-17/h9,11-13,22H,2-8H2,1H3,(H,21,29)(H2,23,25,26,27). The lowest BCUT2D eigenvalue weighted by molar-refractivity contribution is 0.0951. The number of nitriles is 1. The summed E-state index contributed by atoms with van der Waals surface area (Å²) in [6, 6.07) is 4.14. The van der Waals surface area contributed by atoms with Crippen molar-refractivity contribution in [3.05, 3.63) is 29.8 Å². The van der Waals surface area contributed by atoms with Crippen LogP contribution in [0.2, 0.25) is 0 Å². The number of amides is 1. The van der Waals surface area contributed by atoms with Gasteiger partial charge in [-0.1, -0.05) is 6.42 Å². The number of rotatable bonds is 8. The molecular weight excluding hydrogens is 370 g/mol. The number of carbonyl (C=O) groups is 1. The van der Waals surface area contributed by atoms with E-state index in [1.165, 1.54) is 31.7 Å². The third-order valence-electron chi connectivity index (χ3n) is 4.59. The van der Waals surface area contributed by atoms with Gasteiger partial charge >= 0.3 is 0 Å². The molecule has 1 fully saturated rings. The van der Waals surface area contributed by atoms with Gasteiger partial charge in [0.1, 0.15) is 11.9 Å². The highest BCUT2D eigenvalue weighted by molar-refractivity contribution is 5.97. The summed E-state index contributed by atoms with van der Waals surface area (Å²) in [4.78, 5) is 20.4. The van der Waals surface area contributed by atoms with Crippen LogP contribution < -0.4 is 21.3 Å². The lowest BCUT2D eigenvalue weighted by Crippen LogP contribution is -2.35. The van der Waals surface area contributed by atoms with Crippen LogP contribution in [-0.2, 0) is 0 Å². The highest BCUT2D eigenvalue weighted by Crippen LogP contribution is 2.19. The number of piperidine rings is 1. The van der Waals surface area contributed by atoms with Gasteiger partial charge in [0.05, 0.1) is 18.1 Å². The number of hydrogen-bond donors (Lipinski definition) is 4. The minimum atomic E-state index is -0.275. The molecule has 2 aromatic rings. The van der Waals surface area contributed by atoms with Crippen LogP contribution in [0.25, 0.3) is 0 Å². The normalized spacial score (nSPS) is 15.9. The Morgan fingerprint density at radius 3 is 2.86 bits per heavy atom. The van der Waals surface area contributed by atoms with Crippen molar-refractivity contribution < 1.29 is 4.79 Å². The van der Waals surface area contributed by atoms with Gasteiger partial charge in [-0.15, -0.1) is 10.2 Å². The van der Waals surface area contributed by atoms with Crippen molar-refractivity contribution in [3.8, 4) is 6.07 Å². The molecule has 3 rings (SSSR count). The van der Waals surface area contributed by atoms with Crippen molar-refractivity contribution in [2.24, 2.45) is 0 Å². The Balaban J connectivity index is 1.71. The fourth-order valence-electron chi connectivity index (χ4n) is 3.13. The van der Waals surface area contributed by atoms with Crippen molar-refractivity contribution in [2.75, 3.05) is 30.3 Å². The molecule has 29 heavy (non-hydrogen) atoms. The summed E-state index contributed by atoms with van der Waals surface area (Å²) in [6.45, 7) is 4.14. The second kappa shape index (κ2) is 10.3. The molecule has 0 saturated carbocycles. The third-order valence-corrected chi connectivity index (χ3v) is 4.59. The van der Waals surface area contributed by atoms with E-state index in [1.807, 2.05) is 13.0 Å². The number of aromatic nitrogens is 4. The maximum atomic E-state index is 12.3. The zero-order valence-corrected chi connectivity index (χ0v) is 16.4. The van der Waals surface area contributed by atoms with Crippen LogP contribution in [0.4, 0.5) is 17.3 Å². The Labute approximate surface area is 169 Å². The zero-order chi connectivity index (χ0) is 20.5. The average Bonchev–Trinajstić information content (AvgIpc) is 2.75. The van der Waals surface area contributed by atoms with Gasteiger partial charge in [-0.05, 0) is 32.7 Å². The van der Waals surface area contributed by atoms with Gasteiger partial charge in [0.15, 0.2) is 17.2 Å². The summed E-state index contributed by atoms with van der Waals surface area (Å²) in [7, 11) is 0. The number of nitrogens with one attached hydrogen (secondary N) is 4. The first-order valence-electron chi connectivity index (χ1n) is 9.82. The van der Waals surface area contributed by atoms with E-state index in [0.717, 1.165) is 13.0 Å². The van der Waals surface area contributed by atoms with E-state index in [9.17, 15) is 4.79 Å². The molecule has 4 N–H and O–H groups in total. The van der Waals surface area contributed by atoms with Crippen molar-refractivity contribution in [3.63, 3.8) is 0 Å². The monoisotopic (exact) mass is 395 g/mol. The molecule has 1 saturated heterocycles. The zero-order valence-electron chi connectivity index (χ0n) is 16.4. The number of hydrogen-bond acceptors (Lipinski definition) is 9. The predicted molar refractivity (Wildman–Crippen MR) is 109 cm³/mol. The van der Waals surface area contributed by atoms with Crippen LogP contribution in [0.5, 0.6) is 0 Å². The molecule has 1 unspecified atom stereocenters. The Kier molecular flexibility index (Phi) is 7.24. The lowest BCUT2D eigenvalue weighted by atomic mass is 10.0. The first-order chi connectivity index (χ1) is 14.2. The van der Waals surface area contributed by atoms with E-state index >= 15 is 0 Å². The van der Waals surface area contributed by atoms with E-state index in [0.29, 0.717) is 36.5 Å². The molecule has 0 radical (unpaired) electrons. The molecule has 1 amide bonds. The maximum Gasteiger partial charge on any atom is 0.273 e. The highest BCUT2D eigenvalue weighted by Gasteiger charge is 2.16. The minimum absolute atomic E-state index is 0.229. The molecule has 0 aliphatic carbocycles. The number of anilines is 3. The minimum Gasteiger partial charge on any atom is -0.383 e. The molecule has 3 heterocycles. The number of carbonyl (C=O) groups excluding carboxylic acids is 1. The molecule has 0 spiro atoms. The van der Waals surface area contributed by atoms with Gasteiger partial charge in [0.25, 0.3) is 5.91 Å². The second-order valence-corrected chi connectivity index (χ2v) is 6.74. The van der Waals surface area contributed by atoms with Crippen molar-refractivity contribution >= 4 is 23.2 Å². The largest absolute Gasteiger partial charge is 0.383 e. The van der Waals surface area contributed by atoms with Gasteiger partial charge in [-0.3, -0.25) is 4.79 Å². The number of nitrogens with zero attached hydrogens (tertiary/aromatic N) is 5. The molecule has 152 valence electrons. The Hall–Kier alpha value is -3.32.